The van der Waals surface area contributed by atoms with Gasteiger partial charge in [0.25, 0.3) is 5.70 Å². The van der Waals surface area contributed by atoms with Crippen molar-refractivity contribution in [3.8, 4) is 23.7 Å². The molecule has 0 radical (unpaired) electrons. The Hall–Kier alpha value is -4.29. The maximum atomic E-state index is 11.9. The van der Waals surface area contributed by atoms with Gasteiger partial charge in [-0.05, 0) is 30.3 Å². The third-order valence-corrected chi connectivity index (χ3v) is 4.27. The average molecular weight is 383 g/mol. The van der Waals surface area contributed by atoms with E-state index in [0.29, 0.717) is 17.5 Å². The first-order valence-corrected chi connectivity index (χ1v) is 8.75. The van der Waals surface area contributed by atoms with Crippen LogP contribution in [0, 0.1) is 39.2 Å². The van der Waals surface area contributed by atoms with Crippen LogP contribution in [0.1, 0.15) is 11.1 Å². The Morgan fingerprint density at radius 1 is 1.00 bits per heavy atom. The number of hydrogen-bond donors (Lipinski definition) is 2. The smallest absolute Gasteiger partial charge is 0.278 e. The summed E-state index contributed by atoms with van der Waals surface area (Å²) in [7, 11) is 0. The van der Waals surface area contributed by atoms with Crippen LogP contribution < -0.4 is 11.1 Å². The quantitative estimate of drug-likeness (QED) is 0.367. The molecule has 0 saturated heterocycles. The van der Waals surface area contributed by atoms with Gasteiger partial charge in [0.1, 0.15) is 0 Å². The fourth-order valence-electron chi connectivity index (χ4n) is 2.84. The molecular formula is C23H17N3O3. The fraction of sp³-hybridized carbons (Fsp3) is 0.0870. The predicted molar refractivity (Wildman–Crippen MR) is 109 cm³/mol. The van der Waals surface area contributed by atoms with Crippen molar-refractivity contribution < 1.29 is 9.72 Å². The largest absolute Gasteiger partial charge is 0.400 e. The summed E-state index contributed by atoms with van der Waals surface area (Å²) < 4.78 is 0. The number of nitrogens with two attached hydrogens (primary N) is 1. The number of hydrogen-bond acceptors (Lipinski definition) is 4. The zero-order valence-electron chi connectivity index (χ0n) is 15.3. The van der Waals surface area contributed by atoms with Crippen LogP contribution >= 0.6 is 0 Å². The third-order valence-electron chi connectivity index (χ3n) is 4.27. The van der Waals surface area contributed by atoms with Crippen molar-refractivity contribution in [1.82, 2.24) is 5.32 Å². The highest BCUT2D eigenvalue weighted by molar-refractivity contribution is 5.56. The molecular weight excluding hydrogens is 366 g/mol. The molecule has 0 fully saturated rings. The van der Waals surface area contributed by atoms with Crippen molar-refractivity contribution in [1.29, 1.82) is 0 Å². The lowest BCUT2D eigenvalue weighted by Gasteiger charge is -2.25. The van der Waals surface area contributed by atoms with Gasteiger partial charge in [-0.2, -0.15) is 0 Å². The molecule has 1 unspecified atom stereocenters. The highest BCUT2D eigenvalue weighted by Gasteiger charge is 2.43. The summed E-state index contributed by atoms with van der Waals surface area (Å²) in [6.07, 6.45) is 3.17. The van der Waals surface area contributed by atoms with E-state index in [1.165, 1.54) is 12.2 Å². The van der Waals surface area contributed by atoms with Crippen molar-refractivity contribution in [2.45, 2.75) is 6.04 Å². The van der Waals surface area contributed by atoms with E-state index in [0.717, 1.165) is 0 Å². The van der Waals surface area contributed by atoms with Gasteiger partial charge < -0.3 is 11.1 Å². The van der Waals surface area contributed by atoms with Crippen molar-refractivity contribution in [2.24, 2.45) is 11.1 Å². The van der Waals surface area contributed by atoms with Crippen molar-refractivity contribution in [3.63, 3.8) is 0 Å². The van der Waals surface area contributed by atoms with Crippen LogP contribution in [0.4, 0.5) is 0 Å². The molecule has 6 nitrogen and oxygen atoms in total. The SMILES string of the molecule is NC1=CC(C#Cc2ccccc2)(C#Cc2ccccc2)C([N+](=O)[O-])=CC1NC=O. The Labute approximate surface area is 168 Å². The zero-order chi connectivity index (χ0) is 20.7. The molecule has 3 N–H and O–H groups in total. The van der Waals surface area contributed by atoms with Crippen LogP contribution in [0.3, 0.4) is 0 Å². The Morgan fingerprint density at radius 2 is 1.52 bits per heavy atom. The van der Waals surface area contributed by atoms with Crippen LogP contribution in [0.2, 0.25) is 0 Å². The molecule has 1 amide bonds. The number of carbonyl (C=O) groups is 1. The Balaban J connectivity index is 2.18. The fourth-order valence-corrected chi connectivity index (χ4v) is 2.84. The molecule has 1 aliphatic rings. The van der Waals surface area contributed by atoms with Gasteiger partial charge in [0, 0.05) is 22.9 Å². The highest BCUT2D eigenvalue weighted by atomic mass is 16.6. The van der Waals surface area contributed by atoms with Gasteiger partial charge in [0.05, 0.1) is 11.0 Å². The van der Waals surface area contributed by atoms with E-state index in [9.17, 15) is 14.9 Å². The lowest BCUT2D eigenvalue weighted by molar-refractivity contribution is -0.434. The van der Waals surface area contributed by atoms with Gasteiger partial charge in [-0.1, -0.05) is 60.1 Å². The summed E-state index contributed by atoms with van der Waals surface area (Å²) in [6, 6.07) is 17.4. The number of rotatable bonds is 3. The maximum absolute atomic E-state index is 11.9. The molecule has 1 atom stereocenters. The van der Waals surface area contributed by atoms with Gasteiger partial charge >= 0.3 is 0 Å². The number of carbonyl (C=O) groups excluding carboxylic acids is 1. The van der Waals surface area contributed by atoms with Crippen molar-refractivity contribution >= 4 is 6.41 Å². The molecule has 0 aromatic heterocycles. The molecule has 1 aliphatic carbocycles. The molecule has 2 aromatic rings. The van der Waals surface area contributed by atoms with Crippen molar-refractivity contribution in [3.05, 3.63) is 105 Å². The van der Waals surface area contributed by atoms with Crippen LogP contribution in [0.5, 0.6) is 0 Å². The molecule has 0 bridgehead atoms. The van der Waals surface area contributed by atoms with E-state index in [1.54, 1.807) is 24.3 Å². The van der Waals surface area contributed by atoms with E-state index in [1.807, 2.05) is 36.4 Å². The number of nitrogens with one attached hydrogen (secondary N) is 1. The van der Waals surface area contributed by atoms with Gasteiger partial charge in [-0.3, -0.25) is 14.9 Å². The molecule has 3 rings (SSSR count). The van der Waals surface area contributed by atoms with E-state index in [2.05, 4.69) is 29.0 Å². The summed E-state index contributed by atoms with van der Waals surface area (Å²) in [5.41, 5.74) is 5.91. The van der Waals surface area contributed by atoms with Gasteiger partial charge in [-0.25, -0.2) is 0 Å². The standard InChI is InChI=1S/C23H17N3O3/c24-20-16-23(13-11-18-7-3-1-4-8-18,14-12-19-9-5-2-6-10-19)22(26(28)29)15-21(20)25-17-27/h1-10,15-17,21H,24H2,(H,25,27). The molecule has 6 heteroatoms. The van der Waals surface area contributed by atoms with E-state index in [4.69, 9.17) is 5.73 Å². The number of amides is 1. The monoisotopic (exact) mass is 383 g/mol. The Kier molecular flexibility index (Phi) is 5.77. The lowest BCUT2D eigenvalue weighted by atomic mass is 9.79. The van der Waals surface area contributed by atoms with Crippen molar-refractivity contribution in [2.75, 3.05) is 0 Å². The Bertz CT molecular complexity index is 1040. The number of allylic oxidation sites excluding steroid dienone is 1. The van der Waals surface area contributed by atoms with Gasteiger partial charge in [0.2, 0.25) is 11.8 Å². The molecule has 2 aromatic carbocycles. The zero-order valence-corrected chi connectivity index (χ0v) is 15.3. The molecule has 0 heterocycles. The second-order valence-corrected chi connectivity index (χ2v) is 6.26. The second-order valence-electron chi connectivity index (χ2n) is 6.26. The molecule has 0 saturated carbocycles. The van der Waals surface area contributed by atoms with Crippen LogP contribution in [-0.4, -0.2) is 17.4 Å². The summed E-state index contributed by atoms with van der Waals surface area (Å²) in [5.74, 6) is 11.8. The highest BCUT2D eigenvalue weighted by Crippen LogP contribution is 2.34. The number of nitro groups is 1. The normalized spacial score (nSPS) is 16.6. The number of nitrogens with zero attached hydrogens (tertiary/aromatic N) is 1. The maximum Gasteiger partial charge on any atom is 0.278 e. The first-order valence-electron chi connectivity index (χ1n) is 8.75. The van der Waals surface area contributed by atoms with Crippen LogP contribution in [-0.2, 0) is 4.79 Å². The summed E-state index contributed by atoms with van der Waals surface area (Å²) in [4.78, 5) is 22.2. The Morgan fingerprint density at radius 3 is 1.97 bits per heavy atom. The summed E-state index contributed by atoms with van der Waals surface area (Å²) >= 11 is 0. The van der Waals surface area contributed by atoms with Crippen LogP contribution in [0.25, 0.3) is 0 Å². The van der Waals surface area contributed by atoms with Crippen LogP contribution in [0.15, 0.2) is 84.2 Å². The molecule has 0 aliphatic heterocycles. The average Bonchev–Trinajstić information content (AvgIpc) is 2.74. The predicted octanol–water partition coefficient (Wildman–Crippen LogP) is 2.21. The second kappa shape index (κ2) is 8.60. The minimum absolute atomic E-state index is 0.229. The van der Waals surface area contributed by atoms with E-state index < -0.39 is 16.4 Å². The first kappa shape index (κ1) is 19.5. The topological polar surface area (TPSA) is 98.3 Å². The first-order chi connectivity index (χ1) is 14.0. The number of benzene rings is 2. The van der Waals surface area contributed by atoms with E-state index in [-0.39, 0.29) is 11.4 Å². The van der Waals surface area contributed by atoms with E-state index >= 15 is 0 Å². The minimum atomic E-state index is -1.53. The summed E-state index contributed by atoms with van der Waals surface area (Å²) in [6.45, 7) is 0. The third kappa shape index (κ3) is 4.52. The molecule has 142 valence electrons. The van der Waals surface area contributed by atoms with Gasteiger partial charge in [-0.15, -0.1) is 0 Å². The van der Waals surface area contributed by atoms with Gasteiger partial charge in [0.15, 0.2) is 0 Å². The summed E-state index contributed by atoms with van der Waals surface area (Å²) in [5, 5.41) is 14.3. The lowest BCUT2D eigenvalue weighted by Crippen LogP contribution is -2.39. The minimum Gasteiger partial charge on any atom is -0.400 e. The molecule has 29 heavy (non-hydrogen) atoms. The molecule has 0 spiro atoms.